The van der Waals surface area contributed by atoms with E-state index in [0.717, 1.165) is 29.9 Å². The van der Waals surface area contributed by atoms with E-state index in [2.05, 4.69) is 30.2 Å². The summed E-state index contributed by atoms with van der Waals surface area (Å²) in [5.74, 6) is -0.0648. The number of hydrogen-bond donors (Lipinski definition) is 0. The van der Waals surface area contributed by atoms with Crippen molar-refractivity contribution in [3.63, 3.8) is 0 Å². The molecular weight excluding hydrogens is 384 g/mol. The van der Waals surface area contributed by atoms with Crippen LogP contribution in [-0.4, -0.2) is 41.2 Å². The number of carbonyl (C=O) groups is 1. The van der Waals surface area contributed by atoms with Crippen LogP contribution in [-0.2, 0) is 0 Å². The molecule has 3 aromatic rings. The van der Waals surface area contributed by atoms with Gasteiger partial charge in [-0.05, 0) is 69.8 Å². The summed E-state index contributed by atoms with van der Waals surface area (Å²) in [5, 5.41) is 4.85. The SMILES string of the molecule is Cc1ccn(-c2ccc(C(=O)N3CCCC(N(C)C)c4ccccc43)c(Cl)c2)n1. The van der Waals surface area contributed by atoms with Crippen LogP contribution in [0.5, 0.6) is 0 Å². The van der Waals surface area contributed by atoms with Gasteiger partial charge in [0.2, 0.25) is 0 Å². The third kappa shape index (κ3) is 3.80. The number of carbonyl (C=O) groups excluding carboxylic acids is 1. The second-order valence-corrected chi connectivity index (χ2v) is 8.11. The molecule has 5 nitrogen and oxygen atoms in total. The van der Waals surface area contributed by atoms with E-state index in [4.69, 9.17) is 11.6 Å². The first-order chi connectivity index (χ1) is 14.0. The summed E-state index contributed by atoms with van der Waals surface area (Å²) < 4.78 is 1.76. The topological polar surface area (TPSA) is 41.4 Å². The summed E-state index contributed by atoms with van der Waals surface area (Å²) in [4.78, 5) is 17.6. The van der Waals surface area contributed by atoms with Crippen molar-refractivity contribution in [2.24, 2.45) is 0 Å². The van der Waals surface area contributed by atoms with Crippen LogP contribution in [0.15, 0.2) is 54.7 Å². The van der Waals surface area contributed by atoms with E-state index in [1.165, 1.54) is 5.56 Å². The Labute approximate surface area is 176 Å². The van der Waals surface area contributed by atoms with Crippen LogP contribution in [0.3, 0.4) is 0 Å². The van der Waals surface area contributed by atoms with Gasteiger partial charge in [0, 0.05) is 24.5 Å². The second-order valence-electron chi connectivity index (χ2n) is 7.70. The van der Waals surface area contributed by atoms with Gasteiger partial charge >= 0.3 is 0 Å². The van der Waals surface area contributed by atoms with Crippen molar-refractivity contribution in [1.82, 2.24) is 14.7 Å². The zero-order valence-corrected chi connectivity index (χ0v) is 17.7. The first kappa shape index (κ1) is 19.7. The Bertz CT molecular complexity index is 1040. The zero-order valence-electron chi connectivity index (χ0n) is 17.0. The minimum atomic E-state index is -0.0648. The molecule has 1 amide bonds. The lowest BCUT2D eigenvalue weighted by molar-refractivity contribution is 0.0987. The molecule has 0 saturated carbocycles. The van der Waals surface area contributed by atoms with Gasteiger partial charge in [0.1, 0.15) is 0 Å². The number of anilines is 1. The van der Waals surface area contributed by atoms with Crippen LogP contribution in [0.4, 0.5) is 5.69 Å². The lowest BCUT2D eigenvalue weighted by Crippen LogP contribution is -2.32. The number of amides is 1. The quantitative estimate of drug-likeness (QED) is 0.620. The van der Waals surface area contributed by atoms with E-state index in [-0.39, 0.29) is 5.91 Å². The van der Waals surface area contributed by atoms with Gasteiger partial charge < -0.3 is 9.80 Å². The molecule has 1 aromatic heterocycles. The Kier molecular flexibility index (Phi) is 5.43. The number of halogens is 1. The van der Waals surface area contributed by atoms with Crippen LogP contribution in [0.1, 0.15) is 40.5 Å². The Balaban J connectivity index is 1.69. The highest BCUT2D eigenvalue weighted by Gasteiger charge is 2.28. The molecule has 0 bridgehead atoms. The lowest BCUT2D eigenvalue weighted by atomic mass is 10.0. The van der Waals surface area contributed by atoms with Crippen LogP contribution in [0, 0.1) is 6.92 Å². The van der Waals surface area contributed by atoms with Crippen molar-refractivity contribution in [1.29, 1.82) is 0 Å². The number of benzene rings is 2. The molecule has 0 spiro atoms. The maximum absolute atomic E-state index is 13.5. The van der Waals surface area contributed by atoms with Crippen LogP contribution >= 0.6 is 11.6 Å². The molecule has 0 aliphatic carbocycles. The minimum Gasteiger partial charge on any atom is -0.308 e. The van der Waals surface area contributed by atoms with Crippen molar-refractivity contribution in [3.8, 4) is 5.69 Å². The van der Waals surface area contributed by atoms with Gasteiger partial charge in [0.15, 0.2) is 0 Å². The molecule has 4 rings (SSSR count). The predicted octanol–water partition coefficient (Wildman–Crippen LogP) is 4.88. The third-order valence-electron chi connectivity index (χ3n) is 5.48. The smallest absolute Gasteiger partial charge is 0.259 e. The summed E-state index contributed by atoms with van der Waals surface area (Å²) in [6, 6.07) is 15.9. The molecule has 150 valence electrons. The summed E-state index contributed by atoms with van der Waals surface area (Å²) in [5.41, 5.74) is 4.43. The number of fused-ring (bicyclic) bond motifs is 1. The molecule has 2 aromatic carbocycles. The Morgan fingerprint density at radius 2 is 1.97 bits per heavy atom. The maximum Gasteiger partial charge on any atom is 0.259 e. The Hall–Kier alpha value is -2.63. The Morgan fingerprint density at radius 3 is 2.66 bits per heavy atom. The largest absolute Gasteiger partial charge is 0.308 e. The Morgan fingerprint density at radius 1 is 1.17 bits per heavy atom. The zero-order chi connectivity index (χ0) is 20.5. The van der Waals surface area contributed by atoms with Gasteiger partial charge in [-0.25, -0.2) is 4.68 Å². The molecular formula is C23H25ClN4O. The van der Waals surface area contributed by atoms with Gasteiger partial charge in [0.05, 0.1) is 22.0 Å². The summed E-state index contributed by atoms with van der Waals surface area (Å²) in [6.45, 7) is 2.62. The summed E-state index contributed by atoms with van der Waals surface area (Å²) in [6.07, 6.45) is 3.83. The number of aromatic nitrogens is 2. The normalized spacial score (nSPS) is 16.6. The fourth-order valence-corrected chi connectivity index (χ4v) is 4.26. The second kappa shape index (κ2) is 8.01. The molecule has 0 N–H and O–H groups in total. The predicted molar refractivity (Wildman–Crippen MR) is 117 cm³/mol. The summed E-state index contributed by atoms with van der Waals surface area (Å²) in [7, 11) is 4.18. The number of para-hydroxylation sites is 1. The maximum atomic E-state index is 13.5. The van der Waals surface area contributed by atoms with Crippen molar-refractivity contribution < 1.29 is 4.79 Å². The molecule has 2 heterocycles. The van der Waals surface area contributed by atoms with Crippen LogP contribution < -0.4 is 4.90 Å². The standard InChI is InChI=1S/C23H25ClN4O/c1-16-12-14-28(25-16)17-10-11-18(20(24)15-17)23(29)27-13-6-9-21(26(2)3)19-7-4-5-8-22(19)27/h4-5,7-8,10-12,14-15,21H,6,9,13H2,1-3H3. The van der Waals surface area contributed by atoms with E-state index >= 15 is 0 Å². The van der Waals surface area contributed by atoms with E-state index < -0.39 is 0 Å². The number of nitrogens with zero attached hydrogens (tertiary/aromatic N) is 4. The van der Waals surface area contributed by atoms with Crippen LogP contribution in [0.2, 0.25) is 5.02 Å². The average molecular weight is 409 g/mol. The van der Waals surface area contributed by atoms with Gasteiger partial charge in [-0.1, -0.05) is 29.8 Å². The first-order valence-electron chi connectivity index (χ1n) is 9.85. The molecule has 1 unspecified atom stereocenters. The number of rotatable bonds is 3. The van der Waals surface area contributed by atoms with Crippen molar-refractivity contribution in [2.45, 2.75) is 25.8 Å². The van der Waals surface area contributed by atoms with E-state index in [0.29, 0.717) is 23.2 Å². The van der Waals surface area contributed by atoms with Crippen molar-refractivity contribution in [2.75, 3.05) is 25.5 Å². The van der Waals surface area contributed by atoms with Gasteiger partial charge in [-0.3, -0.25) is 4.79 Å². The number of hydrogen-bond acceptors (Lipinski definition) is 3. The van der Waals surface area contributed by atoms with Crippen molar-refractivity contribution in [3.05, 3.63) is 76.6 Å². The van der Waals surface area contributed by atoms with Gasteiger partial charge in [-0.2, -0.15) is 5.10 Å². The van der Waals surface area contributed by atoms with Crippen LogP contribution in [0.25, 0.3) is 5.69 Å². The fourth-order valence-electron chi connectivity index (χ4n) is 4.01. The molecule has 0 saturated heterocycles. The molecule has 1 aliphatic rings. The molecule has 1 atom stereocenters. The fraction of sp³-hybridized carbons (Fsp3) is 0.304. The summed E-state index contributed by atoms with van der Waals surface area (Å²) >= 11 is 6.55. The minimum absolute atomic E-state index is 0.0648. The average Bonchev–Trinajstić information content (AvgIpc) is 3.04. The molecule has 0 radical (unpaired) electrons. The molecule has 29 heavy (non-hydrogen) atoms. The monoisotopic (exact) mass is 408 g/mol. The molecule has 0 fully saturated rings. The van der Waals surface area contributed by atoms with E-state index in [1.54, 1.807) is 16.8 Å². The highest BCUT2D eigenvalue weighted by atomic mass is 35.5. The molecule has 6 heteroatoms. The molecule has 1 aliphatic heterocycles. The van der Waals surface area contributed by atoms with Gasteiger partial charge in [0.25, 0.3) is 5.91 Å². The first-order valence-corrected chi connectivity index (χ1v) is 10.2. The highest BCUT2D eigenvalue weighted by Crippen LogP contribution is 2.36. The number of aryl methyl sites for hydroxylation is 1. The van der Waals surface area contributed by atoms with E-state index in [1.807, 2.05) is 48.4 Å². The van der Waals surface area contributed by atoms with E-state index in [9.17, 15) is 4.79 Å². The third-order valence-corrected chi connectivity index (χ3v) is 5.80. The highest BCUT2D eigenvalue weighted by molar-refractivity contribution is 6.34. The van der Waals surface area contributed by atoms with Gasteiger partial charge in [-0.15, -0.1) is 0 Å². The lowest BCUT2D eigenvalue weighted by Gasteiger charge is -2.27. The van der Waals surface area contributed by atoms with Crippen molar-refractivity contribution >= 4 is 23.2 Å².